The first-order valence-corrected chi connectivity index (χ1v) is 11.6. The second-order valence-electron chi connectivity index (χ2n) is 9.30. The third-order valence-electron chi connectivity index (χ3n) is 7.23. The lowest BCUT2D eigenvalue weighted by molar-refractivity contribution is -0.383. The van der Waals surface area contributed by atoms with E-state index < -0.39 is 23.4 Å². The zero-order chi connectivity index (χ0) is 26.4. The van der Waals surface area contributed by atoms with Crippen LogP contribution in [0.4, 0.5) is 17.1 Å². The van der Waals surface area contributed by atoms with E-state index in [1.807, 2.05) is 6.92 Å². The van der Waals surface area contributed by atoms with Crippen molar-refractivity contribution in [1.82, 2.24) is 0 Å². The van der Waals surface area contributed by atoms with Gasteiger partial charge in [0.25, 0.3) is 11.6 Å². The van der Waals surface area contributed by atoms with Gasteiger partial charge in [-0.2, -0.15) is 0 Å². The monoisotopic (exact) mass is 505 g/mol. The summed E-state index contributed by atoms with van der Waals surface area (Å²) in [5, 5.41) is 13.6. The van der Waals surface area contributed by atoms with Crippen LogP contribution >= 0.6 is 0 Å². The number of amides is 3. The summed E-state index contributed by atoms with van der Waals surface area (Å²) in [5.74, 6) is -2.50. The molecule has 1 aliphatic heterocycles. The van der Waals surface area contributed by atoms with Crippen LogP contribution in [0.3, 0.4) is 0 Å². The van der Waals surface area contributed by atoms with Gasteiger partial charge in [0.15, 0.2) is 6.61 Å². The Labute approximate surface area is 211 Å². The Bertz CT molecular complexity index is 1380. The highest BCUT2D eigenvalue weighted by atomic mass is 16.6. The highest BCUT2D eigenvalue weighted by Gasteiger charge is 2.60. The van der Waals surface area contributed by atoms with E-state index >= 15 is 0 Å². The van der Waals surface area contributed by atoms with Crippen LogP contribution in [0.5, 0.6) is 5.75 Å². The van der Waals surface area contributed by atoms with Gasteiger partial charge in [-0.15, -0.1) is 0 Å². The van der Waals surface area contributed by atoms with E-state index in [1.54, 1.807) is 6.07 Å². The number of nitrogens with zero attached hydrogens (tertiary/aromatic N) is 2. The minimum atomic E-state index is -0.853. The zero-order valence-corrected chi connectivity index (χ0v) is 20.0. The van der Waals surface area contributed by atoms with Gasteiger partial charge >= 0.3 is 5.97 Å². The maximum atomic E-state index is 13.2. The summed E-state index contributed by atoms with van der Waals surface area (Å²) >= 11 is 0. The normalized spacial score (nSPS) is 23.5. The first kappa shape index (κ1) is 24.2. The molecule has 2 aliphatic carbocycles. The Morgan fingerprint density at radius 3 is 2.62 bits per heavy atom. The van der Waals surface area contributed by atoms with Crippen LogP contribution in [0, 0.1) is 33.8 Å². The van der Waals surface area contributed by atoms with Crippen molar-refractivity contribution in [3.05, 3.63) is 69.8 Å². The summed E-state index contributed by atoms with van der Waals surface area (Å²) in [7, 11) is 1.38. The Morgan fingerprint density at radius 2 is 1.89 bits per heavy atom. The molecule has 1 saturated carbocycles. The lowest BCUT2D eigenvalue weighted by Crippen LogP contribution is -2.33. The second kappa shape index (κ2) is 9.16. The third kappa shape index (κ3) is 4.11. The standard InChI is InChI=1S/C26H23N3O8/c1-13-8-15-10-18(13)23-22(15)24(31)28(25(23)32)16-5-3-4-14(9-16)26(33)37-12-21(30)27-19-11-17(36-2)6-7-20(19)29(34)35/h3-9,11,15,18,22-23H,10,12H2,1-2H3,(H,27,30)/t15-,18+,22-,23+/m0/s1. The van der Waals surface area contributed by atoms with Gasteiger partial charge in [-0.25, -0.2) is 9.69 Å². The summed E-state index contributed by atoms with van der Waals surface area (Å²) < 4.78 is 10.1. The Morgan fingerprint density at radius 1 is 1.14 bits per heavy atom. The molecule has 190 valence electrons. The number of methoxy groups -OCH3 is 1. The molecular weight excluding hydrogens is 482 g/mol. The van der Waals surface area contributed by atoms with Crippen LogP contribution in [0.1, 0.15) is 23.7 Å². The molecule has 4 atom stereocenters. The van der Waals surface area contributed by atoms with Crippen molar-refractivity contribution < 1.29 is 33.6 Å². The van der Waals surface area contributed by atoms with Crippen molar-refractivity contribution in [2.75, 3.05) is 23.9 Å². The fourth-order valence-electron chi connectivity index (χ4n) is 5.60. The Kier molecular flexibility index (Phi) is 5.98. The van der Waals surface area contributed by atoms with E-state index in [4.69, 9.17) is 9.47 Å². The van der Waals surface area contributed by atoms with Crippen LogP contribution in [0.2, 0.25) is 0 Å². The van der Waals surface area contributed by atoms with Gasteiger partial charge in [-0.05, 0) is 49.4 Å². The molecule has 2 fully saturated rings. The number of benzene rings is 2. The topological polar surface area (TPSA) is 145 Å². The SMILES string of the molecule is COc1ccc([N+](=O)[O-])c(NC(=O)COC(=O)c2cccc(N3C(=O)[C@@H]4[C@H](C3=O)[C@@H]3C[C@@H]4C=C3C)c2)c1. The molecule has 1 N–H and O–H groups in total. The van der Waals surface area contributed by atoms with Crippen LogP contribution in [0.15, 0.2) is 54.1 Å². The molecule has 37 heavy (non-hydrogen) atoms. The molecular formula is C26H23N3O8. The molecule has 0 radical (unpaired) electrons. The van der Waals surface area contributed by atoms with Gasteiger partial charge in [0.05, 0.1) is 35.1 Å². The van der Waals surface area contributed by atoms with Crippen LogP contribution in [-0.4, -0.2) is 42.3 Å². The molecule has 1 saturated heterocycles. The number of hydrogen-bond donors (Lipinski definition) is 1. The van der Waals surface area contributed by atoms with E-state index in [2.05, 4.69) is 11.4 Å². The number of carbonyl (C=O) groups is 4. The van der Waals surface area contributed by atoms with Gasteiger partial charge in [0.1, 0.15) is 11.4 Å². The molecule has 0 aromatic heterocycles. The number of ether oxygens (including phenoxy) is 2. The predicted molar refractivity (Wildman–Crippen MR) is 130 cm³/mol. The summed E-state index contributed by atoms with van der Waals surface area (Å²) in [6.07, 6.45) is 2.90. The maximum absolute atomic E-state index is 13.2. The van der Waals surface area contributed by atoms with E-state index in [0.717, 1.165) is 16.9 Å². The Balaban J connectivity index is 1.26. The van der Waals surface area contributed by atoms with Gasteiger partial charge in [-0.1, -0.05) is 17.7 Å². The largest absolute Gasteiger partial charge is 0.497 e. The van der Waals surface area contributed by atoms with Crippen LogP contribution < -0.4 is 15.0 Å². The number of nitro benzene ring substituents is 1. The Hall–Kier alpha value is -4.54. The van der Waals surface area contributed by atoms with E-state index in [-0.39, 0.29) is 58.1 Å². The molecule has 3 amide bonds. The number of anilines is 2. The predicted octanol–water partition coefficient (Wildman–Crippen LogP) is 3.10. The number of allylic oxidation sites excluding steroid dienone is 2. The highest BCUT2D eigenvalue weighted by molar-refractivity contribution is 6.23. The number of rotatable bonds is 7. The van der Waals surface area contributed by atoms with E-state index in [1.165, 1.54) is 43.5 Å². The van der Waals surface area contributed by atoms with Crippen LogP contribution in [0.25, 0.3) is 0 Å². The lowest BCUT2D eigenvalue weighted by Gasteiger charge is -2.19. The van der Waals surface area contributed by atoms with Crippen LogP contribution in [-0.2, 0) is 19.1 Å². The molecule has 2 aromatic carbocycles. The van der Waals surface area contributed by atoms with E-state index in [0.29, 0.717) is 5.75 Å². The fourth-order valence-corrected chi connectivity index (χ4v) is 5.60. The van der Waals surface area contributed by atoms with Crippen molar-refractivity contribution in [3.63, 3.8) is 0 Å². The van der Waals surface area contributed by atoms with Gasteiger partial charge in [0, 0.05) is 12.1 Å². The summed E-state index contributed by atoms with van der Waals surface area (Å²) in [6, 6.07) is 9.77. The number of imide groups is 1. The van der Waals surface area contributed by atoms with Crippen molar-refractivity contribution in [1.29, 1.82) is 0 Å². The smallest absolute Gasteiger partial charge is 0.338 e. The summed E-state index contributed by atoms with van der Waals surface area (Å²) in [4.78, 5) is 63.0. The molecule has 2 bridgehead atoms. The summed E-state index contributed by atoms with van der Waals surface area (Å²) in [6.45, 7) is 1.28. The zero-order valence-electron chi connectivity index (χ0n) is 20.0. The fraction of sp³-hybridized carbons (Fsp3) is 0.308. The number of fused-ring (bicyclic) bond motifs is 5. The number of carbonyl (C=O) groups excluding carboxylic acids is 4. The maximum Gasteiger partial charge on any atom is 0.338 e. The molecule has 3 aliphatic rings. The molecule has 2 aromatic rings. The number of esters is 1. The van der Waals surface area contributed by atoms with Crippen molar-refractivity contribution >= 4 is 40.8 Å². The first-order valence-electron chi connectivity index (χ1n) is 11.6. The van der Waals surface area contributed by atoms with Crippen molar-refractivity contribution in [3.8, 4) is 5.75 Å². The molecule has 0 spiro atoms. The van der Waals surface area contributed by atoms with Gasteiger partial charge in [-0.3, -0.25) is 24.5 Å². The van der Waals surface area contributed by atoms with Crippen molar-refractivity contribution in [2.45, 2.75) is 13.3 Å². The second-order valence-corrected chi connectivity index (χ2v) is 9.30. The molecule has 11 heteroatoms. The average molecular weight is 505 g/mol. The minimum absolute atomic E-state index is 0.0487. The molecule has 0 unspecified atom stereocenters. The molecule has 11 nitrogen and oxygen atoms in total. The molecule has 1 heterocycles. The van der Waals surface area contributed by atoms with E-state index in [9.17, 15) is 29.3 Å². The number of nitrogens with one attached hydrogen (secondary N) is 1. The number of nitro groups is 1. The highest BCUT2D eigenvalue weighted by Crippen LogP contribution is 2.55. The number of hydrogen-bond acceptors (Lipinski definition) is 8. The first-order chi connectivity index (χ1) is 17.7. The molecule has 5 rings (SSSR count). The third-order valence-corrected chi connectivity index (χ3v) is 7.23. The average Bonchev–Trinajstić information content (AvgIpc) is 3.52. The van der Waals surface area contributed by atoms with Crippen molar-refractivity contribution in [2.24, 2.45) is 23.7 Å². The summed E-state index contributed by atoms with van der Waals surface area (Å²) in [5.41, 5.74) is 1.00. The van der Waals surface area contributed by atoms with Gasteiger partial charge < -0.3 is 14.8 Å². The van der Waals surface area contributed by atoms with Gasteiger partial charge in [0.2, 0.25) is 11.8 Å². The lowest BCUT2D eigenvalue weighted by atomic mass is 9.82. The minimum Gasteiger partial charge on any atom is -0.497 e. The quantitative estimate of drug-likeness (QED) is 0.199.